The summed E-state index contributed by atoms with van der Waals surface area (Å²) in [5.41, 5.74) is 1.13. The lowest BCUT2D eigenvalue weighted by Gasteiger charge is -2.07. The van der Waals surface area contributed by atoms with Crippen molar-refractivity contribution in [1.29, 1.82) is 0 Å². The van der Waals surface area contributed by atoms with E-state index in [1.165, 1.54) is 0 Å². The molecule has 0 fully saturated rings. The van der Waals surface area contributed by atoms with Crippen LogP contribution < -0.4 is 5.32 Å². The van der Waals surface area contributed by atoms with Gasteiger partial charge in [0.15, 0.2) is 0 Å². The summed E-state index contributed by atoms with van der Waals surface area (Å²) in [6.45, 7) is 3.14. The summed E-state index contributed by atoms with van der Waals surface area (Å²) < 4.78 is 0.996. The molecule has 1 heterocycles. The molecule has 0 aliphatic rings. The lowest BCUT2D eigenvalue weighted by atomic mass is 10.2. The van der Waals surface area contributed by atoms with Gasteiger partial charge in [-0.15, -0.1) is 0 Å². The molecule has 0 radical (unpaired) electrons. The maximum atomic E-state index is 8.60. The summed E-state index contributed by atoms with van der Waals surface area (Å²) in [6, 6.07) is 2.03. The first-order chi connectivity index (χ1) is 6.74. The van der Waals surface area contributed by atoms with Crippen LogP contribution in [0.15, 0.2) is 16.7 Å². The predicted molar refractivity (Wildman–Crippen MR) is 61.5 cm³/mol. The predicted octanol–water partition coefficient (Wildman–Crippen LogP) is 2.34. The normalized spacial score (nSPS) is 10.2. The lowest BCUT2D eigenvalue weighted by Crippen LogP contribution is -2.05. The molecule has 1 aromatic heterocycles. The zero-order valence-corrected chi connectivity index (χ0v) is 9.84. The maximum Gasteiger partial charge on any atom is 0.128 e. The van der Waals surface area contributed by atoms with Crippen LogP contribution in [0.25, 0.3) is 0 Å². The van der Waals surface area contributed by atoms with Gasteiger partial charge in [-0.1, -0.05) is 0 Å². The van der Waals surface area contributed by atoms with Crippen molar-refractivity contribution in [2.75, 3.05) is 18.5 Å². The molecular formula is C10H15BrN2O. The van der Waals surface area contributed by atoms with Gasteiger partial charge in [0.1, 0.15) is 5.82 Å². The van der Waals surface area contributed by atoms with Crippen LogP contribution in [-0.4, -0.2) is 23.2 Å². The summed E-state index contributed by atoms with van der Waals surface area (Å²) in [4.78, 5) is 4.25. The second-order valence-corrected chi connectivity index (χ2v) is 4.09. The highest BCUT2D eigenvalue weighted by molar-refractivity contribution is 9.10. The molecular weight excluding hydrogens is 244 g/mol. The fraction of sp³-hybridized carbons (Fsp3) is 0.500. The van der Waals surface area contributed by atoms with E-state index in [4.69, 9.17) is 5.11 Å². The van der Waals surface area contributed by atoms with Crippen LogP contribution in [0.3, 0.4) is 0 Å². The summed E-state index contributed by atoms with van der Waals surface area (Å²) in [5, 5.41) is 11.8. The first-order valence-electron chi connectivity index (χ1n) is 4.71. The van der Waals surface area contributed by atoms with Gasteiger partial charge in [-0.25, -0.2) is 4.98 Å². The molecule has 0 amide bonds. The van der Waals surface area contributed by atoms with E-state index in [1.54, 1.807) is 6.20 Å². The highest BCUT2D eigenvalue weighted by Crippen LogP contribution is 2.16. The van der Waals surface area contributed by atoms with Gasteiger partial charge in [0.2, 0.25) is 0 Å². The third kappa shape index (κ3) is 3.64. The molecule has 4 heteroatoms. The van der Waals surface area contributed by atoms with Crippen molar-refractivity contribution in [2.24, 2.45) is 0 Å². The second-order valence-electron chi connectivity index (χ2n) is 3.18. The van der Waals surface area contributed by atoms with Gasteiger partial charge in [-0.2, -0.15) is 0 Å². The van der Waals surface area contributed by atoms with Gasteiger partial charge in [-0.05, 0) is 47.3 Å². The summed E-state index contributed by atoms with van der Waals surface area (Å²) in [6.07, 6.45) is 3.58. The SMILES string of the molecule is Cc1cc(Br)cnc1NCCCCO. The van der Waals surface area contributed by atoms with Crippen LogP contribution in [0.2, 0.25) is 0 Å². The highest BCUT2D eigenvalue weighted by Gasteiger charge is 1.98. The third-order valence-corrected chi connectivity index (χ3v) is 2.36. The van der Waals surface area contributed by atoms with E-state index in [0.29, 0.717) is 0 Å². The molecule has 0 atom stereocenters. The van der Waals surface area contributed by atoms with Crippen molar-refractivity contribution >= 4 is 21.7 Å². The third-order valence-electron chi connectivity index (χ3n) is 1.92. The molecule has 2 N–H and O–H groups in total. The monoisotopic (exact) mass is 258 g/mol. The molecule has 0 bridgehead atoms. The minimum Gasteiger partial charge on any atom is -0.396 e. The van der Waals surface area contributed by atoms with Gasteiger partial charge in [-0.3, -0.25) is 0 Å². The summed E-state index contributed by atoms with van der Waals surface area (Å²) in [5.74, 6) is 0.922. The zero-order chi connectivity index (χ0) is 10.4. The van der Waals surface area contributed by atoms with E-state index in [2.05, 4.69) is 26.2 Å². The number of hydrogen-bond donors (Lipinski definition) is 2. The Morgan fingerprint density at radius 1 is 1.50 bits per heavy atom. The quantitative estimate of drug-likeness (QED) is 0.798. The number of aryl methyl sites for hydroxylation is 1. The van der Waals surface area contributed by atoms with Crippen molar-refractivity contribution < 1.29 is 5.11 Å². The molecule has 78 valence electrons. The number of nitrogens with zero attached hydrogens (tertiary/aromatic N) is 1. The van der Waals surface area contributed by atoms with Crippen LogP contribution in [0, 0.1) is 6.92 Å². The van der Waals surface area contributed by atoms with E-state index in [1.807, 2.05) is 13.0 Å². The average Bonchev–Trinajstić information content (AvgIpc) is 2.15. The molecule has 3 nitrogen and oxygen atoms in total. The Hall–Kier alpha value is -0.610. The average molecular weight is 259 g/mol. The summed E-state index contributed by atoms with van der Waals surface area (Å²) in [7, 11) is 0. The van der Waals surface area contributed by atoms with Crippen molar-refractivity contribution in [3.8, 4) is 0 Å². The van der Waals surface area contributed by atoms with Crippen molar-refractivity contribution in [2.45, 2.75) is 19.8 Å². The maximum absolute atomic E-state index is 8.60. The van der Waals surface area contributed by atoms with Gasteiger partial charge < -0.3 is 10.4 Å². The van der Waals surface area contributed by atoms with Gasteiger partial charge >= 0.3 is 0 Å². The summed E-state index contributed by atoms with van der Waals surface area (Å²) >= 11 is 3.37. The van der Waals surface area contributed by atoms with Crippen LogP contribution >= 0.6 is 15.9 Å². The van der Waals surface area contributed by atoms with Crippen LogP contribution in [-0.2, 0) is 0 Å². The Morgan fingerprint density at radius 3 is 2.93 bits per heavy atom. The number of nitrogens with one attached hydrogen (secondary N) is 1. The number of anilines is 1. The van der Waals surface area contributed by atoms with E-state index in [0.717, 1.165) is 35.2 Å². The van der Waals surface area contributed by atoms with Crippen LogP contribution in [0.4, 0.5) is 5.82 Å². The van der Waals surface area contributed by atoms with Gasteiger partial charge in [0.05, 0.1) is 0 Å². The number of pyridine rings is 1. The smallest absolute Gasteiger partial charge is 0.128 e. The Labute approximate surface area is 92.7 Å². The molecule has 1 aromatic rings. The molecule has 14 heavy (non-hydrogen) atoms. The first-order valence-corrected chi connectivity index (χ1v) is 5.50. The number of halogens is 1. The second kappa shape index (κ2) is 5.98. The minimum atomic E-state index is 0.258. The number of rotatable bonds is 5. The Balaban J connectivity index is 2.42. The molecule has 0 saturated heterocycles. The largest absolute Gasteiger partial charge is 0.396 e. The molecule has 0 aliphatic carbocycles. The molecule has 0 unspecified atom stereocenters. The molecule has 1 rings (SSSR count). The molecule has 0 aliphatic heterocycles. The number of aliphatic hydroxyl groups excluding tert-OH is 1. The molecule has 0 saturated carbocycles. The first kappa shape index (κ1) is 11.5. The molecule has 0 spiro atoms. The number of hydrogen-bond acceptors (Lipinski definition) is 3. The van der Waals surface area contributed by atoms with Crippen LogP contribution in [0.5, 0.6) is 0 Å². The Bertz CT molecular complexity index is 291. The van der Waals surface area contributed by atoms with E-state index < -0.39 is 0 Å². The molecule has 0 aromatic carbocycles. The topological polar surface area (TPSA) is 45.2 Å². The van der Waals surface area contributed by atoms with Gasteiger partial charge in [0.25, 0.3) is 0 Å². The fourth-order valence-corrected chi connectivity index (χ4v) is 1.61. The van der Waals surface area contributed by atoms with Crippen molar-refractivity contribution in [1.82, 2.24) is 4.98 Å². The van der Waals surface area contributed by atoms with E-state index in [-0.39, 0.29) is 6.61 Å². The number of unbranched alkanes of at least 4 members (excludes halogenated alkanes) is 1. The van der Waals surface area contributed by atoms with E-state index in [9.17, 15) is 0 Å². The Morgan fingerprint density at radius 2 is 2.29 bits per heavy atom. The standard InChI is InChI=1S/C10H15BrN2O/c1-8-6-9(11)7-13-10(8)12-4-2-3-5-14/h6-7,14H,2-5H2,1H3,(H,12,13). The number of aromatic nitrogens is 1. The van der Waals surface area contributed by atoms with Crippen LogP contribution in [0.1, 0.15) is 18.4 Å². The Kier molecular flexibility index (Phi) is 4.90. The minimum absolute atomic E-state index is 0.258. The van der Waals surface area contributed by atoms with Crippen molar-refractivity contribution in [3.05, 3.63) is 22.3 Å². The lowest BCUT2D eigenvalue weighted by molar-refractivity contribution is 0.286. The fourth-order valence-electron chi connectivity index (χ4n) is 1.17. The van der Waals surface area contributed by atoms with Gasteiger partial charge in [0, 0.05) is 23.8 Å². The zero-order valence-electron chi connectivity index (χ0n) is 8.26. The van der Waals surface area contributed by atoms with E-state index >= 15 is 0 Å². The van der Waals surface area contributed by atoms with Crippen molar-refractivity contribution in [3.63, 3.8) is 0 Å². The highest BCUT2D eigenvalue weighted by atomic mass is 79.9. The number of aliphatic hydroxyl groups is 1.